The molecule has 2 saturated heterocycles. The second-order valence-electron chi connectivity index (χ2n) is 9.63. The molecule has 3 aliphatic rings. The maximum Gasteiger partial charge on any atom is 0.248 e. The number of carbonyl (C=O) groups excluding carboxylic acids is 1. The summed E-state index contributed by atoms with van der Waals surface area (Å²) in [6, 6.07) is 14.8. The van der Waals surface area contributed by atoms with Crippen LogP contribution in [-0.4, -0.2) is 61.0 Å². The minimum atomic E-state index is -0.591. The van der Waals surface area contributed by atoms with Crippen LogP contribution in [-0.2, 0) is 9.53 Å². The normalized spacial score (nSPS) is 26.0. The molecule has 3 aliphatic heterocycles. The van der Waals surface area contributed by atoms with Crippen LogP contribution in [0.3, 0.4) is 0 Å². The first-order valence-electron chi connectivity index (χ1n) is 12.2. The lowest BCUT2D eigenvalue weighted by molar-refractivity contribution is -0.111. The molecule has 3 N–H and O–H groups in total. The van der Waals surface area contributed by atoms with Crippen LogP contribution in [0.5, 0.6) is 0 Å². The number of ether oxygens (including phenoxy) is 1. The molecule has 4 atom stereocenters. The molecule has 0 aromatic heterocycles. The van der Waals surface area contributed by atoms with Crippen molar-refractivity contribution in [3.63, 3.8) is 0 Å². The van der Waals surface area contributed by atoms with Gasteiger partial charge in [0.1, 0.15) is 6.23 Å². The number of fused-ring (bicyclic) bond motifs is 1. The molecule has 7 heteroatoms. The minimum Gasteiger partial charge on any atom is -0.381 e. The van der Waals surface area contributed by atoms with Gasteiger partial charge in [0.15, 0.2) is 0 Å². The van der Waals surface area contributed by atoms with E-state index >= 15 is 0 Å². The summed E-state index contributed by atoms with van der Waals surface area (Å²) in [5.74, 6) is 0.0678. The standard InChI is InChI=1S/C27H34N4O3/c1-18-15-21(28-27(33)20-11-14-34-17-20)7-8-24(18)31-13-12-30(16-19(31)2)25-9-10-26(32)29-23-6-4-3-5-22(23)25/h3-10,15,19-20,25,27-28,33H,11-14,16-17H2,1-2H3,(H,29,32). The van der Waals surface area contributed by atoms with E-state index in [1.54, 1.807) is 6.08 Å². The molecule has 3 heterocycles. The lowest BCUT2D eigenvalue weighted by atomic mass is 10.0. The number of nitrogens with zero attached hydrogens (tertiary/aromatic N) is 2. The number of amides is 1. The fourth-order valence-electron chi connectivity index (χ4n) is 5.40. The first kappa shape index (κ1) is 22.9. The fourth-order valence-corrected chi connectivity index (χ4v) is 5.40. The van der Waals surface area contributed by atoms with Crippen molar-refractivity contribution in [3.05, 3.63) is 65.7 Å². The number of benzene rings is 2. The first-order valence-corrected chi connectivity index (χ1v) is 12.2. The van der Waals surface area contributed by atoms with Gasteiger partial charge in [-0.2, -0.15) is 0 Å². The minimum absolute atomic E-state index is 0.0727. The molecule has 0 saturated carbocycles. The number of carbonyl (C=O) groups is 1. The predicted octanol–water partition coefficient (Wildman–Crippen LogP) is 3.52. The third-order valence-electron chi connectivity index (χ3n) is 7.25. The molecule has 7 nitrogen and oxygen atoms in total. The van der Waals surface area contributed by atoms with Gasteiger partial charge < -0.3 is 25.4 Å². The number of aryl methyl sites for hydroxylation is 1. The molecule has 0 aliphatic carbocycles. The average Bonchev–Trinajstić information content (AvgIpc) is 3.30. The van der Waals surface area contributed by atoms with Gasteiger partial charge in [0, 0.05) is 61.3 Å². The second kappa shape index (κ2) is 9.78. The average molecular weight is 463 g/mol. The summed E-state index contributed by atoms with van der Waals surface area (Å²) < 4.78 is 5.40. The fraction of sp³-hybridized carbons (Fsp3) is 0.444. The van der Waals surface area contributed by atoms with Crippen LogP contribution in [0.1, 0.15) is 30.5 Å². The highest BCUT2D eigenvalue weighted by molar-refractivity contribution is 6.00. The highest BCUT2D eigenvalue weighted by Gasteiger charge is 2.31. The maximum absolute atomic E-state index is 12.1. The van der Waals surface area contributed by atoms with Crippen LogP contribution in [0.2, 0.25) is 0 Å². The van der Waals surface area contributed by atoms with Gasteiger partial charge in [-0.1, -0.05) is 24.3 Å². The largest absolute Gasteiger partial charge is 0.381 e. The van der Waals surface area contributed by atoms with Crippen LogP contribution in [0.4, 0.5) is 17.1 Å². The van der Waals surface area contributed by atoms with Gasteiger partial charge in [0.05, 0.1) is 12.6 Å². The Balaban J connectivity index is 1.28. The van der Waals surface area contributed by atoms with Crippen molar-refractivity contribution < 1.29 is 14.6 Å². The smallest absolute Gasteiger partial charge is 0.248 e. The van der Waals surface area contributed by atoms with E-state index < -0.39 is 6.23 Å². The number of nitrogens with one attached hydrogen (secondary N) is 2. The summed E-state index contributed by atoms with van der Waals surface area (Å²) in [6.45, 7) is 8.44. The van der Waals surface area contributed by atoms with Crippen LogP contribution >= 0.6 is 0 Å². The molecule has 1 amide bonds. The third kappa shape index (κ3) is 4.69. The zero-order chi connectivity index (χ0) is 23.7. The second-order valence-corrected chi connectivity index (χ2v) is 9.63. The Morgan fingerprint density at radius 2 is 2.06 bits per heavy atom. The van der Waals surface area contributed by atoms with Crippen molar-refractivity contribution in [2.75, 3.05) is 48.4 Å². The molecule has 2 fully saturated rings. The summed E-state index contributed by atoms with van der Waals surface area (Å²) in [6.07, 6.45) is 3.98. The van der Waals surface area contributed by atoms with Crippen molar-refractivity contribution in [1.29, 1.82) is 0 Å². The number of piperazine rings is 1. The number of rotatable bonds is 5. The molecule has 180 valence electrons. The van der Waals surface area contributed by atoms with Gasteiger partial charge in [-0.15, -0.1) is 0 Å². The van der Waals surface area contributed by atoms with Gasteiger partial charge in [0.2, 0.25) is 5.91 Å². The van der Waals surface area contributed by atoms with E-state index in [4.69, 9.17) is 4.74 Å². The zero-order valence-electron chi connectivity index (χ0n) is 19.9. The van der Waals surface area contributed by atoms with E-state index in [1.165, 1.54) is 11.3 Å². The molecule has 0 radical (unpaired) electrons. The van der Waals surface area contributed by atoms with E-state index in [-0.39, 0.29) is 17.9 Å². The Morgan fingerprint density at radius 1 is 1.21 bits per heavy atom. The lowest BCUT2D eigenvalue weighted by Gasteiger charge is -2.44. The lowest BCUT2D eigenvalue weighted by Crippen LogP contribution is -2.52. The molecule has 0 bridgehead atoms. The van der Waals surface area contributed by atoms with Gasteiger partial charge in [-0.25, -0.2) is 0 Å². The number of hydrogen-bond acceptors (Lipinski definition) is 6. The Labute approximate surface area is 201 Å². The summed E-state index contributed by atoms with van der Waals surface area (Å²) in [4.78, 5) is 17.1. The summed E-state index contributed by atoms with van der Waals surface area (Å²) in [5, 5.41) is 16.7. The molecule has 5 rings (SSSR count). The molecule has 34 heavy (non-hydrogen) atoms. The number of aliphatic hydroxyl groups is 1. The number of hydrogen-bond donors (Lipinski definition) is 3. The highest BCUT2D eigenvalue weighted by atomic mass is 16.5. The monoisotopic (exact) mass is 462 g/mol. The highest BCUT2D eigenvalue weighted by Crippen LogP contribution is 2.34. The molecular weight excluding hydrogens is 428 g/mol. The Bertz CT molecular complexity index is 1070. The predicted molar refractivity (Wildman–Crippen MR) is 135 cm³/mol. The van der Waals surface area contributed by atoms with Crippen molar-refractivity contribution in [1.82, 2.24) is 4.90 Å². The van der Waals surface area contributed by atoms with E-state index in [0.29, 0.717) is 12.6 Å². The number of aliphatic hydroxyl groups excluding tert-OH is 1. The Morgan fingerprint density at radius 3 is 2.82 bits per heavy atom. The van der Waals surface area contributed by atoms with Crippen LogP contribution in [0.15, 0.2) is 54.6 Å². The van der Waals surface area contributed by atoms with Crippen LogP contribution < -0.4 is 15.5 Å². The third-order valence-corrected chi connectivity index (χ3v) is 7.25. The molecule has 2 aromatic carbocycles. The van der Waals surface area contributed by atoms with Crippen LogP contribution in [0, 0.1) is 12.8 Å². The van der Waals surface area contributed by atoms with Crippen LogP contribution in [0.25, 0.3) is 0 Å². The van der Waals surface area contributed by atoms with E-state index in [9.17, 15) is 9.90 Å². The summed E-state index contributed by atoms with van der Waals surface area (Å²) >= 11 is 0. The molecular formula is C27H34N4O3. The molecule has 2 aromatic rings. The number of para-hydroxylation sites is 1. The molecule has 4 unspecified atom stereocenters. The van der Waals surface area contributed by atoms with E-state index in [0.717, 1.165) is 49.6 Å². The van der Waals surface area contributed by atoms with Crippen molar-refractivity contribution in [2.45, 2.75) is 38.6 Å². The van der Waals surface area contributed by atoms with Crippen molar-refractivity contribution in [3.8, 4) is 0 Å². The van der Waals surface area contributed by atoms with Gasteiger partial charge in [-0.05, 0) is 55.7 Å². The number of anilines is 3. The van der Waals surface area contributed by atoms with Gasteiger partial charge in [-0.3, -0.25) is 9.69 Å². The summed E-state index contributed by atoms with van der Waals surface area (Å²) in [5.41, 5.74) is 5.38. The Kier molecular flexibility index (Phi) is 6.59. The van der Waals surface area contributed by atoms with Crippen molar-refractivity contribution >= 4 is 23.0 Å². The van der Waals surface area contributed by atoms with Gasteiger partial charge in [0.25, 0.3) is 0 Å². The molecule has 0 spiro atoms. The maximum atomic E-state index is 12.1. The SMILES string of the molecule is Cc1cc(NC(O)C2CCOC2)ccc1N1CCN(C2C=CC(=O)Nc3ccccc32)CC1C. The first-order chi connectivity index (χ1) is 16.5. The van der Waals surface area contributed by atoms with Crippen molar-refractivity contribution in [2.24, 2.45) is 5.92 Å². The van der Waals surface area contributed by atoms with E-state index in [1.807, 2.05) is 24.3 Å². The summed E-state index contributed by atoms with van der Waals surface area (Å²) in [7, 11) is 0. The zero-order valence-corrected chi connectivity index (χ0v) is 19.9. The van der Waals surface area contributed by atoms with Gasteiger partial charge >= 0.3 is 0 Å². The Hall–Kier alpha value is -2.87. The quantitative estimate of drug-likeness (QED) is 0.591. The topological polar surface area (TPSA) is 77.1 Å². The van der Waals surface area contributed by atoms with E-state index in [2.05, 4.69) is 58.5 Å².